The Bertz CT molecular complexity index is 624. The van der Waals surface area contributed by atoms with Crippen molar-refractivity contribution < 1.29 is 19.1 Å². The van der Waals surface area contributed by atoms with Crippen molar-refractivity contribution in [2.75, 3.05) is 6.54 Å². The first-order chi connectivity index (χ1) is 10.5. The van der Waals surface area contributed by atoms with Gasteiger partial charge in [-0.05, 0) is 46.8 Å². The van der Waals surface area contributed by atoms with Crippen molar-refractivity contribution in [2.45, 2.75) is 45.8 Å². The molecule has 0 aromatic heterocycles. The number of fused-ring (bicyclic) bond motifs is 1. The number of nitrogens with zero attached hydrogens (tertiary/aromatic N) is 1. The minimum Gasteiger partial charge on any atom is -0.444 e. The van der Waals surface area contributed by atoms with E-state index in [0.717, 1.165) is 4.90 Å². The van der Waals surface area contributed by atoms with Crippen molar-refractivity contribution in [1.29, 1.82) is 0 Å². The van der Waals surface area contributed by atoms with Crippen LogP contribution in [0.3, 0.4) is 0 Å². The molecule has 1 N–H and O–H groups in total. The van der Waals surface area contributed by atoms with E-state index in [2.05, 4.69) is 5.32 Å². The molecule has 0 unspecified atom stereocenters. The minimum absolute atomic E-state index is 0.0680. The van der Waals surface area contributed by atoms with Crippen LogP contribution in [0.15, 0.2) is 24.3 Å². The smallest absolute Gasteiger partial charge is 0.408 e. The van der Waals surface area contributed by atoms with Crippen molar-refractivity contribution in [3.63, 3.8) is 0 Å². The van der Waals surface area contributed by atoms with Crippen LogP contribution in [-0.4, -0.2) is 40.5 Å². The number of ether oxygens (including phenoxy) is 1. The van der Waals surface area contributed by atoms with E-state index in [1.807, 2.05) is 0 Å². The highest BCUT2D eigenvalue weighted by Gasteiger charge is 2.39. The summed E-state index contributed by atoms with van der Waals surface area (Å²) >= 11 is 0. The van der Waals surface area contributed by atoms with Crippen molar-refractivity contribution in [1.82, 2.24) is 10.2 Å². The summed E-state index contributed by atoms with van der Waals surface area (Å²) in [6.45, 7) is 8.84. The largest absolute Gasteiger partial charge is 0.444 e. The highest BCUT2D eigenvalue weighted by Crippen LogP contribution is 2.24. The quantitative estimate of drug-likeness (QED) is 0.869. The monoisotopic (exact) mass is 318 g/mol. The molecule has 6 nitrogen and oxygen atoms in total. The molecule has 1 aliphatic heterocycles. The molecule has 2 rings (SSSR count). The van der Waals surface area contributed by atoms with E-state index < -0.39 is 17.2 Å². The summed E-state index contributed by atoms with van der Waals surface area (Å²) < 4.78 is 5.22. The van der Waals surface area contributed by atoms with Crippen LogP contribution in [0, 0.1) is 0 Å². The summed E-state index contributed by atoms with van der Waals surface area (Å²) in [4.78, 5) is 37.8. The number of benzene rings is 1. The highest BCUT2D eigenvalue weighted by molar-refractivity contribution is 6.21. The summed E-state index contributed by atoms with van der Waals surface area (Å²) in [7, 11) is 0. The summed E-state index contributed by atoms with van der Waals surface area (Å²) in [5.74, 6) is -0.686. The molecule has 1 aromatic carbocycles. The average Bonchev–Trinajstić information content (AvgIpc) is 2.61. The van der Waals surface area contributed by atoms with Crippen molar-refractivity contribution in [3.05, 3.63) is 35.4 Å². The van der Waals surface area contributed by atoms with Gasteiger partial charge in [0, 0.05) is 0 Å². The van der Waals surface area contributed by atoms with E-state index in [4.69, 9.17) is 4.74 Å². The Balaban J connectivity index is 2.08. The topological polar surface area (TPSA) is 75.7 Å². The summed E-state index contributed by atoms with van der Waals surface area (Å²) in [6, 6.07) is 6.70. The number of amides is 3. The Morgan fingerprint density at radius 1 is 1.04 bits per heavy atom. The third-order valence-corrected chi connectivity index (χ3v) is 3.27. The van der Waals surface area contributed by atoms with Gasteiger partial charge in [0.2, 0.25) is 0 Å². The van der Waals surface area contributed by atoms with Crippen LogP contribution in [0.2, 0.25) is 0 Å². The Morgan fingerprint density at radius 2 is 1.52 bits per heavy atom. The fourth-order valence-corrected chi connectivity index (χ4v) is 2.40. The van der Waals surface area contributed by atoms with Crippen LogP contribution in [0.5, 0.6) is 0 Å². The van der Waals surface area contributed by atoms with Gasteiger partial charge in [-0.25, -0.2) is 4.79 Å². The molecule has 0 radical (unpaired) electrons. The molecule has 0 aliphatic carbocycles. The first-order valence-electron chi connectivity index (χ1n) is 7.46. The SMILES string of the molecule is CC(C)(CN1C(=O)c2ccccc2C1=O)NC(=O)OC(C)(C)C. The number of imide groups is 1. The Hall–Kier alpha value is -2.37. The van der Waals surface area contributed by atoms with E-state index in [1.54, 1.807) is 58.9 Å². The zero-order chi connectivity index (χ0) is 17.4. The van der Waals surface area contributed by atoms with Gasteiger partial charge in [0.25, 0.3) is 11.8 Å². The van der Waals surface area contributed by atoms with Crippen LogP contribution in [0.25, 0.3) is 0 Å². The second kappa shape index (κ2) is 5.68. The fourth-order valence-electron chi connectivity index (χ4n) is 2.40. The maximum Gasteiger partial charge on any atom is 0.408 e. The lowest BCUT2D eigenvalue weighted by atomic mass is 10.1. The van der Waals surface area contributed by atoms with Crippen molar-refractivity contribution in [3.8, 4) is 0 Å². The van der Waals surface area contributed by atoms with Crippen LogP contribution in [-0.2, 0) is 4.74 Å². The summed E-state index contributed by atoms with van der Waals surface area (Å²) in [5.41, 5.74) is -0.637. The highest BCUT2D eigenvalue weighted by atomic mass is 16.6. The molecule has 1 aliphatic rings. The molecule has 0 saturated carbocycles. The summed E-state index contributed by atoms with van der Waals surface area (Å²) in [6.07, 6.45) is -0.584. The number of hydrogen-bond acceptors (Lipinski definition) is 4. The molecule has 0 bridgehead atoms. The van der Waals surface area contributed by atoms with Gasteiger partial charge in [0.1, 0.15) is 5.60 Å². The second-order valence-electron chi connectivity index (χ2n) is 7.25. The zero-order valence-electron chi connectivity index (χ0n) is 14.1. The van der Waals surface area contributed by atoms with Crippen LogP contribution >= 0.6 is 0 Å². The molecular formula is C17H22N2O4. The standard InChI is InChI=1S/C17H22N2O4/c1-16(2,3)23-15(22)18-17(4,5)10-19-13(20)11-8-6-7-9-12(11)14(19)21/h6-9H,10H2,1-5H3,(H,18,22). The predicted octanol–water partition coefficient (Wildman–Crippen LogP) is 2.59. The lowest BCUT2D eigenvalue weighted by molar-refractivity contribution is 0.0419. The molecule has 1 heterocycles. The van der Waals surface area contributed by atoms with Gasteiger partial charge in [-0.15, -0.1) is 0 Å². The van der Waals surface area contributed by atoms with Crippen molar-refractivity contribution >= 4 is 17.9 Å². The molecule has 1 aromatic rings. The van der Waals surface area contributed by atoms with E-state index in [9.17, 15) is 14.4 Å². The maximum atomic E-state index is 12.4. The average molecular weight is 318 g/mol. The van der Waals surface area contributed by atoms with E-state index in [-0.39, 0.29) is 18.4 Å². The fraction of sp³-hybridized carbons (Fsp3) is 0.471. The minimum atomic E-state index is -0.810. The normalized spacial score (nSPS) is 14.7. The van der Waals surface area contributed by atoms with Gasteiger partial charge >= 0.3 is 6.09 Å². The third-order valence-electron chi connectivity index (χ3n) is 3.27. The second-order valence-corrected chi connectivity index (χ2v) is 7.25. The van der Waals surface area contributed by atoms with Crippen LogP contribution in [0.4, 0.5) is 4.79 Å². The molecule has 0 atom stereocenters. The number of carbonyl (C=O) groups is 3. The summed E-state index contributed by atoms with van der Waals surface area (Å²) in [5, 5.41) is 2.70. The Kier molecular flexibility index (Phi) is 4.20. The number of rotatable bonds is 3. The third kappa shape index (κ3) is 3.88. The van der Waals surface area contributed by atoms with Gasteiger partial charge < -0.3 is 10.1 Å². The van der Waals surface area contributed by atoms with Crippen molar-refractivity contribution in [2.24, 2.45) is 0 Å². The number of hydrogen-bond donors (Lipinski definition) is 1. The van der Waals surface area contributed by atoms with E-state index >= 15 is 0 Å². The molecule has 124 valence electrons. The Labute approximate surface area is 135 Å². The molecule has 0 fully saturated rings. The van der Waals surface area contributed by atoms with E-state index in [1.165, 1.54) is 0 Å². The first-order valence-corrected chi connectivity index (χ1v) is 7.46. The zero-order valence-corrected chi connectivity index (χ0v) is 14.1. The Morgan fingerprint density at radius 3 is 1.96 bits per heavy atom. The predicted molar refractivity (Wildman–Crippen MR) is 85.3 cm³/mol. The first kappa shape index (κ1) is 17.0. The molecular weight excluding hydrogens is 296 g/mol. The van der Waals surface area contributed by atoms with Gasteiger partial charge in [0.15, 0.2) is 0 Å². The number of alkyl carbamates (subject to hydrolysis) is 1. The van der Waals surface area contributed by atoms with Crippen LogP contribution < -0.4 is 5.32 Å². The van der Waals surface area contributed by atoms with E-state index in [0.29, 0.717) is 11.1 Å². The van der Waals surface area contributed by atoms with Gasteiger partial charge in [0.05, 0.1) is 23.2 Å². The number of nitrogens with one attached hydrogen (secondary N) is 1. The number of carbonyl (C=O) groups excluding carboxylic acids is 3. The van der Waals surface area contributed by atoms with Gasteiger partial charge in [-0.1, -0.05) is 12.1 Å². The van der Waals surface area contributed by atoms with Gasteiger partial charge in [-0.2, -0.15) is 0 Å². The van der Waals surface area contributed by atoms with Gasteiger partial charge in [-0.3, -0.25) is 14.5 Å². The molecule has 0 spiro atoms. The molecule has 23 heavy (non-hydrogen) atoms. The van der Waals surface area contributed by atoms with Crippen LogP contribution in [0.1, 0.15) is 55.3 Å². The maximum absolute atomic E-state index is 12.4. The molecule has 0 saturated heterocycles. The lowest BCUT2D eigenvalue weighted by Crippen LogP contribution is -2.53. The molecule has 6 heteroatoms. The lowest BCUT2D eigenvalue weighted by Gasteiger charge is -2.31. The molecule has 3 amide bonds.